The maximum absolute atomic E-state index is 12.1. The highest BCUT2D eigenvalue weighted by atomic mass is 16.5. The van der Waals surface area contributed by atoms with E-state index in [1.54, 1.807) is 62.8 Å². The number of benzene rings is 2. The second-order valence-corrected chi connectivity index (χ2v) is 4.63. The van der Waals surface area contributed by atoms with Crippen LogP contribution in [0.5, 0.6) is 11.5 Å². The Morgan fingerprint density at radius 3 is 1.95 bits per heavy atom. The van der Waals surface area contributed by atoms with Gasteiger partial charge in [0.1, 0.15) is 17.3 Å². The van der Waals surface area contributed by atoms with Crippen LogP contribution in [0, 0.1) is 0 Å². The van der Waals surface area contributed by atoms with Crippen LogP contribution in [0.4, 0.5) is 5.69 Å². The van der Waals surface area contributed by atoms with Crippen molar-refractivity contribution in [3.63, 3.8) is 0 Å². The first kappa shape index (κ1) is 15.6. The number of nitrogens with two attached hydrogens (primary N) is 1. The van der Waals surface area contributed by atoms with E-state index in [-0.39, 0.29) is 18.0 Å². The molecule has 0 aromatic heterocycles. The number of carbonyl (C=O) groups excluding carboxylic acids is 1. The first-order chi connectivity index (χ1) is 10.6. The Hall–Kier alpha value is -2.82. The van der Waals surface area contributed by atoms with Crippen LogP contribution >= 0.6 is 0 Å². The van der Waals surface area contributed by atoms with Crippen LogP contribution in [0.2, 0.25) is 0 Å². The fourth-order valence-electron chi connectivity index (χ4n) is 1.91. The predicted molar refractivity (Wildman–Crippen MR) is 86.2 cm³/mol. The summed E-state index contributed by atoms with van der Waals surface area (Å²) in [4.78, 5) is 16.4. The molecule has 0 amide bonds. The number of ether oxygens (including phenoxy) is 2. The monoisotopic (exact) mass is 298 g/mol. The Morgan fingerprint density at radius 1 is 0.955 bits per heavy atom. The number of carbonyl (C=O) groups is 1. The zero-order valence-corrected chi connectivity index (χ0v) is 12.6. The Labute approximate surface area is 129 Å². The molecule has 2 aromatic rings. The minimum atomic E-state index is -0.0857. The van der Waals surface area contributed by atoms with Crippen LogP contribution in [0.1, 0.15) is 16.8 Å². The second-order valence-electron chi connectivity index (χ2n) is 4.63. The SMILES string of the molecule is COc1ccc(N=C(N)CC(=O)c2ccc(OC)cc2)cc1. The number of rotatable bonds is 6. The third-order valence-corrected chi connectivity index (χ3v) is 3.10. The molecule has 0 radical (unpaired) electrons. The highest BCUT2D eigenvalue weighted by molar-refractivity contribution is 6.09. The van der Waals surface area contributed by atoms with E-state index < -0.39 is 0 Å². The Bertz CT molecular complexity index is 661. The van der Waals surface area contributed by atoms with Crippen molar-refractivity contribution in [2.24, 2.45) is 10.7 Å². The van der Waals surface area contributed by atoms with E-state index in [9.17, 15) is 4.79 Å². The number of hydrogen-bond donors (Lipinski definition) is 1. The minimum absolute atomic E-state index is 0.0678. The van der Waals surface area contributed by atoms with Crippen molar-refractivity contribution in [1.29, 1.82) is 0 Å². The van der Waals surface area contributed by atoms with Gasteiger partial charge >= 0.3 is 0 Å². The molecule has 5 nitrogen and oxygen atoms in total. The lowest BCUT2D eigenvalue weighted by Crippen LogP contribution is -2.16. The third kappa shape index (κ3) is 4.09. The van der Waals surface area contributed by atoms with Gasteiger partial charge in [-0.1, -0.05) is 0 Å². The summed E-state index contributed by atoms with van der Waals surface area (Å²) in [5.41, 5.74) is 7.10. The number of methoxy groups -OCH3 is 2. The summed E-state index contributed by atoms with van der Waals surface area (Å²) in [7, 11) is 3.18. The lowest BCUT2D eigenvalue weighted by atomic mass is 10.1. The van der Waals surface area contributed by atoms with Crippen LogP contribution in [-0.4, -0.2) is 25.8 Å². The van der Waals surface area contributed by atoms with Gasteiger partial charge in [0, 0.05) is 5.56 Å². The quantitative estimate of drug-likeness (QED) is 0.505. The zero-order chi connectivity index (χ0) is 15.9. The molecule has 0 fully saturated rings. The summed E-state index contributed by atoms with van der Waals surface area (Å²) < 4.78 is 10.1. The second kappa shape index (κ2) is 7.26. The average molecular weight is 298 g/mol. The lowest BCUT2D eigenvalue weighted by Gasteiger charge is -2.04. The van der Waals surface area contributed by atoms with E-state index in [0.717, 1.165) is 5.75 Å². The molecule has 114 valence electrons. The standard InChI is InChI=1S/C17H18N2O3/c1-21-14-7-3-12(4-8-14)16(20)11-17(18)19-13-5-9-15(22-2)10-6-13/h3-10H,11H2,1-2H3,(H2,18,19). The summed E-state index contributed by atoms with van der Waals surface area (Å²) in [5, 5.41) is 0. The van der Waals surface area contributed by atoms with Gasteiger partial charge in [-0.05, 0) is 48.5 Å². The van der Waals surface area contributed by atoms with Gasteiger partial charge in [-0.2, -0.15) is 0 Å². The lowest BCUT2D eigenvalue weighted by molar-refractivity contribution is 0.100. The third-order valence-electron chi connectivity index (χ3n) is 3.10. The molecule has 0 unspecified atom stereocenters. The first-order valence-corrected chi connectivity index (χ1v) is 6.76. The number of aliphatic imine (C=N–C) groups is 1. The van der Waals surface area contributed by atoms with E-state index in [2.05, 4.69) is 4.99 Å². The normalized spacial score (nSPS) is 11.1. The van der Waals surface area contributed by atoms with Crippen molar-refractivity contribution in [3.8, 4) is 11.5 Å². The Kier molecular flexibility index (Phi) is 5.14. The van der Waals surface area contributed by atoms with Crippen molar-refractivity contribution in [2.45, 2.75) is 6.42 Å². The molecular formula is C17H18N2O3. The van der Waals surface area contributed by atoms with Gasteiger partial charge in [-0.25, -0.2) is 4.99 Å². The highest BCUT2D eigenvalue weighted by Gasteiger charge is 2.08. The smallest absolute Gasteiger partial charge is 0.170 e. The molecule has 2 rings (SSSR count). The molecule has 0 saturated carbocycles. The fourth-order valence-corrected chi connectivity index (χ4v) is 1.91. The van der Waals surface area contributed by atoms with E-state index in [1.807, 2.05) is 0 Å². The Balaban J connectivity index is 2.04. The molecule has 0 saturated heterocycles. The van der Waals surface area contributed by atoms with Gasteiger partial charge in [0.05, 0.1) is 26.3 Å². The van der Waals surface area contributed by atoms with Gasteiger partial charge in [0.2, 0.25) is 0 Å². The van der Waals surface area contributed by atoms with E-state index in [0.29, 0.717) is 17.0 Å². The Morgan fingerprint density at radius 2 is 1.45 bits per heavy atom. The van der Waals surface area contributed by atoms with Gasteiger partial charge in [0.15, 0.2) is 5.78 Å². The van der Waals surface area contributed by atoms with Gasteiger partial charge < -0.3 is 15.2 Å². The van der Waals surface area contributed by atoms with Crippen molar-refractivity contribution >= 4 is 17.3 Å². The predicted octanol–water partition coefficient (Wildman–Crippen LogP) is 2.97. The molecule has 5 heteroatoms. The summed E-state index contributed by atoms with van der Waals surface area (Å²) in [6.45, 7) is 0. The number of Topliss-reactive ketones (excluding diaryl/α,β-unsaturated/α-hetero) is 1. The van der Waals surface area contributed by atoms with Crippen molar-refractivity contribution in [1.82, 2.24) is 0 Å². The number of amidine groups is 1. The summed E-state index contributed by atoms with van der Waals surface area (Å²) in [5.74, 6) is 1.63. The van der Waals surface area contributed by atoms with Crippen molar-refractivity contribution in [2.75, 3.05) is 14.2 Å². The first-order valence-electron chi connectivity index (χ1n) is 6.76. The summed E-state index contributed by atoms with van der Waals surface area (Å²) in [6.07, 6.45) is 0.0678. The molecular weight excluding hydrogens is 280 g/mol. The molecule has 0 aliphatic rings. The van der Waals surface area contributed by atoms with Crippen LogP contribution in [0.15, 0.2) is 53.5 Å². The molecule has 0 aliphatic carbocycles. The molecule has 0 spiro atoms. The van der Waals surface area contributed by atoms with Crippen LogP contribution in [0.25, 0.3) is 0 Å². The van der Waals surface area contributed by atoms with Crippen LogP contribution in [-0.2, 0) is 0 Å². The fraction of sp³-hybridized carbons (Fsp3) is 0.176. The molecule has 0 aliphatic heterocycles. The zero-order valence-electron chi connectivity index (χ0n) is 12.6. The molecule has 2 N–H and O–H groups in total. The summed E-state index contributed by atoms with van der Waals surface area (Å²) >= 11 is 0. The van der Waals surface area contributed by atoms with Gasteiger partial charge in [-0.15, -0.1) is 0 Å². The van der Waals surface area contributed by atoms with Crippen LogP contribution < -0.4 is 15.2 Å². The van der Waals surface area contributed by atoms with Crippen LogP contribution in [0.3, 0.4) is 0 Å². The van der Waals surface area contributed by atoms with E-state index in [1.165, 1.54) is 0 Å². The topological polar surface area (TPSA) is 73.9 Å². The number of hydrogen-bond acceptors (Lipinski definition) is 4. The highest BCUT2D eigenvalue weighted by Crippen LogP contribution is 2.18. The molecule has 0 bridgehead atoms. The van der Waals surface area contributed by atoms with E-state index in [4.69, 9.17) is 15.2 Å². The minimum Gasteiger partial charge on any atom is -0.497 e. The van der Waals surface area contributed by atoms with Gasteiger partial charge in [-0.3, -0.25) is 4.79 Å². The van der Waals surface area contributed by atoms with Crippen molar-refractivity contribution in [3.05, 3.63) is 54.1 Å². The van der Waals surface area contributed by atoms with Gasteiger partial charge in [0.25, 0.3) is 0 Å². The van der Waals surface area contributed by atoms with E-state index >= 15 is 0 Å². The molecule has 0 atom stereocenters. The maximum atomic E-state index is 12.1. The molecule has 2 aromatic carbocycles. The number of nitrogens with zero attached hydrogens (tertiary/aromatic N) is 1. The number of ketones is 1. The summed E-state index contributed by atoms with van der Waals surface area (Å²) in [6, 6.07) is 14.0. The van der Waals surface area contributed by atoms with Crippen molar-refractivity contribution < 1.29 is 14.3 Å². The average Bonchev–Trinajstić information content (AvgIpc) is 2.55. The largest absolute Gasteiger partial charge is 0.497 e. The molecule has 0 heterocycles. The maximum Gasteiger partial charge on any atom is 0.170 e. The molecule has 22 heavy (non-hydrogen) atoms.